The van der Waals surface area contributed by atoms with Crippen LogP contribution in [0.4, 0.5) is 0 Å². The number of aliphatic hydroxyl groups excluding tert-OH is 1. The molecule has 0 aliphatic carbocycles. The van der Waals surface area contributed by atoms with E-state index in [2.05, 4.69) is 33.8 Å². The predicted molar refractivity (Wildman–Crippen MR) is 137 cm³/mol. The fourth-order valence-corrected chi connectivity index (χ4v) is 3.49. The molecule has 0 rings (SSSR count). The van der Waals surface area contributed by atoms with Crippen molar-refractivity contribution in [2.75, 3.05) is 6.61 Å². The fraction of sp³-hybridized carbons (Fsp3) is 0.821. The van der Waals surface area contributed by atoms with Crippen LogP contribution in [0, 0.1) is 0 Å². The van der Waals surface area contributed by atoms with E-state index in [1.807, 2.05) is 6.08 Å². The fourth-order valence-electron chi connectivity index (χ4n) is 3.49. The molecule has 0 unspecified atom stereocenters. The topological polar surface area (TPSA) is 57.5 Å². The van der Waals surface area contributed by atoms with E-state index in [0.717, 1.165) is 25.7 Å². The van der Waals surface area contributed by atoms with Crippen molar-refractivity contribution < 1.29 is 15.0 Å². The number of aliphatic carboxylic acids is 1. The molecule has 0 radical (unpaired) electrons. The van der Waals surface area contributed by atoms with Crippen LogP contribution in [0.1, 0.15) is 143 Å². The molecular formula is C28H54O3. The van der Waals surface area contributed by atoms with Gasteiger partial charge in [-0.15, -0.1) is 0 Å². The number of allylic oxidation sites excluding steroid dienone is 3. The minimum atomic E-state index is -0.653. The average molecular weight is 439 g/mol. The van der Waals surface area contributed by atoms with Crippen LogP contribution >= 0.6 is 0 Å². The molecule has 0 aromatic carbocycles. The molecule has 3 nitrogen and oxygen atoms in total. The molecule has 0 aliphatic heterocycles. The first-order valence-electron chi connectivity index (χ1n) is 13.1. The van der Waals surface area contributed by atoms with Crippen LogP contribution < -0.4 is 0 Å². The number of carboxylic acids is 1. The lowest BCUT2D eigenvalue weighted by molar-refractivity contribution is -0.137. The smallest absolute Gasteiger partial charge is 0.303 e. The highest BCUT2D eigenvalue weighted by Gasteiger charge is 1.97. The minimum absolute atomic E-state index is 0.167. The van der Waals surface area contributed by atoms with Crippen molar-refractivity contribution in [1.29, 1.82) is 0 Å². The Morgan fingerprint density at radius 1 is 0.645 bits per heavy atom. The van der Waals surface area contributed by atoms with Gasteiger partial charge in [-0.1, -0.05) is 120 Å². The molecule has 0 atom stereocenters. The van der Waals surface area contributed by atoms with Crippen molar-refractivity contribution in [1.82, 2.24) is 0 Å². The van der Waals surface area contributed by atoms with Gasteiger partial charge >= 0.3 is 5.97 Å². The Hall–Kier alpha value is -1.09. The van der Waals surface area contributed by atoms with Crippen LogP contribution in [0.25, 0.3) is 0 Å². The van der Waals surface area contributed by atoms with E-state index in [9.17, 15) is 4.79 Å². The summed E-state index contributed by atoms with van der Waals surface area (Å²) >= 11 is 0. The lowest BCUT2D eigenvalue weighted by Gasteiger charge is -2.03. The molecule has 0 aliphatic rings. The summed E-state index contributed by atoms with van der Waals surface area (Å²) in [5.41, 5.74) is 2.63. The van der Waals surface area contributed by atoms with E-state index in [-0.39, 0.29) is 6.61 Å². The molecule has 0 amide bonds. The molecule has 0 spiro atoms. The summed E-state index contributed by atoms with van der Waals surface area (Å²) in [5.74, 6) is -0.653. The molecule has 2 N–H and O–H groups in total. The van der Waals surface area contributed by atoms with Crippen LogP contribution in [0.15, 0.2) is 23.3 Å². The highest BCUT2D eigenvalue weighted by Crippen LogP contribution is 2.13. The van der Waals surface area contributed by atoms with Gasteiger partial charge in [0, 0.05) is 6.42 Å². The van der Waals surface area contributed by atoms with Gasteiger partial charge in [0.2, 0.25) is 0 Å². The predicted octanol–water partition coefficient (Wildman–Crippen LogP) is 9.00. The van der Waals surface area contributed by atoms with Gasteiger partial charge in [-0.3, -0.25) is 4.79 Å². The first-order chi connectivity index (χ1) is 14.9. The maximum atomic E-state index is 10.3. The SMILES string of the molecule is CC(C)=CCC/C(C)=C/CO.CCCCCCCCCCCCCCCCCC(=O)O. The van der Waals surface area contributed by atoms with Crippen molar-refractivity contribution in [2.45, 2.75) is 143 Å². The Morgan fingerprint density at radius 3 is 1.42 bits per heavy atom. The van der Waals surface area contributed by atoms with E-state index in [0.29, 0.717) is 6.42 Å². The van der Waals surface area contributed by atoms with Crippen LogP contribution in [0.2, 0.25) is 0 Å². The molecule has 0 heterocycles. The Bertz CT molecular complexity index is 434. The lowest BCUT2D eigenvalue weighted by atomic mass is 10.0. The quantitative estimate of drug-likeness (QED) is 0.147. The van der Waals surface area contributed by atoms with Crippen molar-refractivity contribution in [3.63, 3.8) is 0 Å². The normalized spacial score (nSPS) is 11.1. The van der Waals surface area contributed by atoms with E-state index in [1.165, 1.54) is 94.6 Å². The monoisotopic (exact) mass is 438 g/mol. The maximum absolute atomic E-state index is 10.3. The van der Waals surface area contributed by atoms with E-state index in [4.69, 9.17) is 10.2 Å². The lowest BCUT2D eigenvalue weighted by Crippen LogP contribution is -1.93. The first-order valence-corrected chi connectivity index (χ1v) is 13.1. The molecule has 0 saturated carbocycles. The Morgan fingerprint density at radius 2 is 1.06 bits per heavy atom. The van der Waals surface area contributed by atoms with Gasteiger partial charge in [0.25, 0.3) is 0 Å². The number of carbonyl (C=O) groups is 1. The van der Waals surface area contributed by atoms with Gasteiger partial charge in [0.05, 0.1) is 6.61 Å². The number of rotatable bonds is 20. The van der Waals surface area contributed by atoms with Crippen molar-refractivity contribution in [2.24, 2.45) is 0 Å². The summed E-state index contributed by atoms with van der Waals surface area (Å²) in [6, 6.07) is 0. The summed E-state index contributed by atoms with van der Waals surface area (Å²) in [4.78, 5) is 10.3. The summed E-state index contributed by atoms with van der Waals surface area (Å²) in [6.07, 6.45) is 26.4. The summed E-state index contributed by atoms with van der Waals surface area (Å²) in [6.45, 7) is 8.69. The highest BCUT2D eigenvalue weighted by molar-refractivity contribution is 5.66. The van der Waals surface area contributed by atoms with Gasteiger partial charge < -0.3 is 10.2 Å². The maximum Gasteiger partial charge on any atom is 0.303 e. The second kappa shape index (κ2) is 26.9. The van der Waals surface area contributed by atoms with Crippen molar-refractivity contribution in [3.05, 3.63) is 23.3 Å². The van der Waals surface area contributed by atoms with Crippen LogP contribution in [-0.4, -0.2) is 22.8 Å². The van der Waals surface area contributed by atoms with E-state index in [1.54, 1.807) is 0 Å². The van der Waals surface area contributed by atoms with Gasteiger partial charge in [0.15, 0.2) is 0 Å². The highest BCUT2D eigenvalue weighted by atomic mass is 16.4. The standard InChI is InChI=1S/C18H36O2.C10H18O/c1-2-3-4-5-6-7-8-9-10-11-12-13-14-15-16-17-18(19)20;1-9(2)5-4-6-10(3)7-8-11/h2-17H2,1H3,(H,19,20);5,7,11H,4,6,8H2,1-3H3/b;10-7+. The summed E-state index contributed by atoms with van der Waals surface area (Å²) < 4.78 is 0. The number of hydrogen-bond donors (Lipinski definition) is 2. The summed E-state index contributed by atoms with van der Waals surface area (Å²) in [7, 11) is 0. The number of aliphatic hydroxyl groups is 1. The second-order valence-corrected chi connectivity index (χ2v) is 9.15. The Kier molecular flexibility index (Phi) is 27.9. The zero-order valence-corrected chi connectivity index (χ0v) is 21.4. The minimum Gasteiger partial charge on any atom is -0.481 e. The first kappa shape index (κ1) is 32.1. The molecule has 0 saturated heterocycles. The van der Waals surface area contributed by atoms with E-state index < -0.39 is 5.97 Å². The molecular weight excluding hydrogens is 384 g/mol. The molecule has 0 bridgehead atoms. The zero-order valence-electron chi connectivity index (χ0n) is 21.4. The average Bonchev–Trinajstić information content (AvgIpc) is 2.71. The largest absolute Gasteiger partial charge is 0.481 e. The number of unbranched alkanes of at least 4 members (excludes halogenated alkanes) is 14. The van der Waals surface area contributed by atoms with E-state index >= 15 is 0 Å². The van der Waals surface area contributed by atoms with Crippen molar-refractivity contribution in [3.8, 4) is 0 Å². The third kappa shape index (κ3) is 33.7. The Balaban J connectivity index is 0. The molecule has 3 heteroatoms. The molecule has 0 fully saturated rings. The Labute approximate surface area is 194 Å². The van der Waals surface area contributed by atoms with Gasteiger partial charge in [-0.2, -0.15) is 0 Å². The molecule has 184 valence electrons. The second-order valence-electron chi connectivity index (χ2n) is 9.15. The summed E-state index contributed by atoms with van der Waals surface area (Å²) in [5, 5.41) is 17.1. The molecule has 0 aromatic rings. The third-order valence-corrected chi connectivity index (χ3v) is 5.53. The molecule has 0 aromatic heterocycles. The van der Waals surface area contributed by atoms with Crippen LogP contribution in [-0.2, 0) is 4.79 Å². The van der Waals surface area contributed by atoms with Crippen LogP contribution in [0.5, 0.6) is 0 Å². The van der Waals surface area contributed by atoms with Gasteiger partial charge in [-0.05, 0) is 40.0 Å². The van der Waals surface area contributed by atoms with Crippen molar-refractivity contribution >= 4 is 5.97 Å². The number of hydrogen-bond acceptors (Lipinski definition) is 2. The zero-order chi connectivity index (χ0) is 23.6. The van der Waals surface area contributed by atoms with Gasteiger partial charge in [0.1, 0.15) is 0 Å². The van der Waals surface area contributed by atoms with Gasteiger partial charge in [-0.25, -0.2) is 0 Å². The van der Waals surface area contributed by atoms with Crippen LogP contribution in [0.3, 0.4) is 0 Å². The number of carboxylic acid groups (broad SMARTS) is 1. The third-order valence-electron chi connectivity index (χ3n) is 5.53. The molecule has 31 heavy (non-hydrogen) atoms.